The Hall–Kier alpha value is -0.640. The highest BCUT2D eigenvalue weighted by atomic mass is 79.9. The zero-order valence-corrected chi connectivity index (χ0v) is 12.2. The molecular formula is C12H20BrN3. The van der Waals surface area contributed by atoms with Gasteiger partial charge in [0.15, 0.2) is 0 Å². The van der Waals surface area contributed by atoms with E-state index in [4.69, 9.17) is 0 Å². The molecule has 1 rings (SSSR count). The molecule has 90 valence electrons. The monoisotopic (exact) mass is 285 g/mol. The van der Waals surface area contributed by atoms with Gasteiger partial charge in [0.1, 0.15) is 11.6 Å². The lowest BCUT2D eigenvalue weighted by Crippen LogP contribution is -2.09. The quantitative estimate of drug-likeness (QED) is 0.911. The van der Waals surface area contributed by atoms with Crippen molar-refractivity contribution in [2.45, 2.75) is 46.0 Å². The van der Waals surface area contributed by atoms with Crippen LogP contribution >= 0.6 is 15.9 Å². The van der Waals surface area contributed by atoms with Gasteiger partial charge in [0.2, 0.25) is 0 Å². The molecule has 1 aromatic heterocycles. The van der Waals surface area contributed by atoms with Crippen molar-refractivity contribution >= 4 is 21.7 Å². The molecule has 1 N–H and O–H groups in total. The maximum atomic E-state index is 4.65. The van der Waals surface area contributed by atoms with Gasteiger partial charge in [0, 0.05) is 13.0 Å². The summed E-state index contributed by atoms with van der Waals surface area (Å²) in [5.41, 5.74) is 1.08. The number of rotatable bonds is 4. The summed E-state index contributed by atoms with van der Waals surface area (Å²) in [5.74, 6) is 2.61. The summed E-state index contributed by atoms with van der Waals surface area (Å²) in [7, 11) is 1.89. The molecule has 0 aliphatic rings. The van der Waals surface area contributed by atoms with E-state index in [1.54, 1.807) is 0 Å². The van der Waals surface area contributed by atoms with E-state index < -0.39 is 0 Å². The third-order valence-electron chi connectivity index (χ3n) is 2.73. The van der Waals surface area contributed by atoms with E-state index in [0.29, 0.717) is 11.8 Å². The summed E-state index contributed by atoms with van der Waals surface area (Å²) in [5, 5.41) is 3.11. The standard InChI is InChI=1S/C12H20BrN3/c1-6-8(4)11-15-10(7(2)3)9(13)12(14-5)16-11/h7-8H,6H2,1-5H3,(H,14,15,16). The molecule has 0 saturated carbocycles. The van der Waals surface area contributed by atoms with Crippen molar-refractivity contribution in [1.29, 1.82) is 0 Å². The first-order chi connectivity index (χ1) is 7.51. The average Bonchev–Trinajstić information content (AvgIpc) is 2.27. The number of hydrogen-bond donors (Lipinski definition) is 1. The van der Waals surface area contributed by atoms with Crippen LogP contribution in [-0.4, -0.2) is 17.0 Å². The number of anilines is 1. The minimum atomic E-state index is 0.396. The molecule has 0 aromatic carbocycles. The van der Waals surface area contributed by atoms with E-state index in [9.17, 15) is 0 Å². The summed E-state index contributed by atoms with van der Waals surface area (Å²) in [6.07, 6.45) is 1.06. The van der Waals surface area contributed by atoms with E-state index in [-0.39, 0.29) is 0 Å². The number of halogens is 1. The first-order valence-corrected chi connectivity index (χ1v) is 6.55. The lowest BCUT2D eigenvalue weighted by molar-refractivity contribution is 0.661. The minimum Gasteiger partial charge on any atom is -0.372 e. The summed E-state index contributed by atoms with van der Waals surface area (Å²) >= 11 is 3.56. The molecule has 0 bridgehead atoms. The zero-order valence-electron chi connectivity index (χ0n) is 10.6. The van der Waals surface area contributed by atoms with Crippen LogP contribution < -0.4 is 5.32 Å². The van der Waals surface area contributed by atoms with E-state index in [2.05, 4.69) is 58.9 Å². The Morgan fingerprint density at radius 1 is 1.25 bits per heavy atom. The highest BCUT2D eigenvalue weighted by Gasteiger charge is 2.16. The Balaban J connectivity index is 3.28. The van der Waals surface area contributed by atoms with Crippen molar-refractivity contribution in [1.82, 2.24) is 9.97 Å². The normalized spacial score (nSPS) is 12.9. The van der Waals surface area contributed by atoms with E-state index >= 15 is 0 Å². The van der Waals surface area contributed by atoms with Crippen LogP contribution in [0.3, 0.4) is 0 Å². The molecule has 0 spiro atoms. The summed E-state index contributed by atoms with van der Waals surface area (Å²) in [6, 6.07) is 0. The van der Waals surface area contributed by atoms with Crippen LogP contribution in [0, 0.1) is 0 Å². The predicted molar refractivity (Wildman–Crippen MR) is 72.1 cm³/mol. The van der Waals surface area contributed by atoms with Gasteiger partial charge < -0.3 is 5.32 Å². The molecule has 0 fully saturated rings. The van der Waals surface area contributed by atoms with Gasteiger partial charge in [-0.2, -0.15) is 0 Å². The van der Waals surface area contributed by atoms with E-state index in [0.717, 1.165) is 28.2 Å². The second kappa shape index (κ2) is 5.62. The molecule has 0 amide bonds. The Bertz CT molecular complexity index is 364. The molecule has 0 radical (unpaired) electrons. The molecule has 1 atom stereocenters. The second-order valence-corrected chi connectivity index (χ2v) is 5.14. The van der Waals surface area contributed by atoms with Crippen LogP contribution in [0.1, 0.15) is 57.5 Å². The van der Waals surface area contributed by atoms with Crippen molar-refractivity contribution in [3.63, 3.8) is 0 Å². The molecule has 1 aromatic rings. The van der Waals surface area contributed by atoms with Crippen molar-refractivity contribution in [2.75, 3.05) is 12.4 Å². The van der Waals surface area contributed by atoms with E-state index in [1.165, 1.54) is 0 Å². The van der Waals surface area contributed by atoms with Crippen LogP contribution in [0.25, 0.3) is 0 Å². The number of nitrogens with zero attached hydrogens (tertiary/aromatic N) is 2. The summed E-state index contributed by atoms with van der Waals surface area (Å²) in [4.78, 5) is 9.19. The smallest absolute Gasteiger partial charge is 0.144 e. The van der Waals surface area contributed by atoms with Gasteiger partial charge in [-0.05, 0) is 28.3 Å². The molecule has 4 heteroatoms. The molecular weight excluding hydrogens is 266 g/mol. The lowest BCUT2D eigenvalue weighted by atomic mass is 10.1. The van der Waals surface area contributed by atoms with E-state index in [1.807, 2.05) is 7.05 Å². The summed E-state index contributed by atoms with van der Waals surface area (Å²) < 4.78 is 0.983. The first kappa shape index (κ1) is 13.4. The molecule has 3 nitrogen and oxygen atoms in total. The Morgan fingerprint density at radius 3 is 2.31 bits per heavy atom. The number of hydrogen-bond acceptors (Lipinski definition) is 3. The highest BCUT2D eigenvalue weighted by Crippen LogP contribution is 2.30. The fraction of sp³-hybridized carbons (Fsp3) is 0.667. The minimum absolute atomic E-state index is 0.396. The van der Waals surface area contributed by atoms with Crippen LogP contribution in [-0.2, 0) is 0 Å². The van der Waals surface area contributed by atoms with Crippen LogP contribution in [0.5, 0.6) is 0 Å². The predicted octanol–water partition coefficient (Wildman–Crippen LogP) is 3.92. The largest absolute Gasteiger partial charge is 0.372 e. The Labute approximate surface area is 106 Å². The summed E-state index contributed by atoms with van der Waals surface area (Å²) in [6.45, 7) is 8.61. The van der Waals surface area contributed by atoms with Crippen molar-refractivity contribution in [3.8, 4) is 0 Å². The van der Waals surface area contributed by atoms with Crippen LogP contribution in [0.2, 0.25) is 0 Å². The van der Waals surface area contributed by atoms with Crippen molar-refractivity contribution in [3.05, 3.63) is 16.0 Å². The topological polar surface area (TPSA) is 37.8 Å². The molecule has 0 saturated heterocycles. The van der Waals surface area contributed by atoms with Gasteiger partial charge in [-0.25, -0.2) is 9.97 Å². The van der Waals surface area contributed by atoms with Gasteiger partial charge in [0.25, 0.3) is 0 Å². The van der Waals surface area contributed by atoms with Crippen molar-refractivity contribution < 1.29 is 0 Å². The maximum absolute atomic E-state index is 4.65. The van der Waals surface area contributed by atoms with Gasteiger partial charge >= 0.3 is 0 Å². The Morgan fingerprint density at radius 2 is 1.88 bits per heavy atom. The first-order valence-electron chi connectivity index (χ1n) is 5.76. The molecule has 1 unspecified atom stereocenters. The molecule has 16 heavy (non-hydrogen) atoms. The highest BCUT2D eigenvalue weighted by molar-refractivity contribution is 9.10. The molecule has 1 heterocycles. The zero-order chi connectivity index (χ0) is 12.3. The van der Waals surface area contributed by atoms with Gasteiger partial charge in [-0.1, -0.05) is 27.7 Å². The average molecular weight is 286 g/mol. The third-order valence-corrected chi connectivity index (χ3v) is 3.51. The Kier molecular flexibility index (Phi) is 4.71. The van der Waals surface area contributed by atoms with Crippen molar-refractivity contribution in [2.24, 2.45) is 0 Å². The SMILES string of the molecule is CCC(C)c1nc(NC)c(Br)c(C(C)C)n1. The van der Waals surface area contributed by atoms with Crippen LogP contribution in [0.15, 0.2) is 4.47 Å². The fourth-order valence-electron chi connectivity index (χ4n) is 1.43. The molecule has 0 aliphatic carbocycles. The molecule has 0 aliphatic heterocycles. The van der Waals surface area contributed by atoms with Gasteiger partial charge in [-0.15, -0.1) is 0 Å². The van der Waals surface area contributed by atoms with Gasteiger partial charge in [0.05, 0.1) is 10.2 Å². The van der Waals surface area contributed by atoms with Crippen LogP contribution in [0.4, 0.5) is 5.82 Å². The maximum Gasteiger partial charge on any atom is 0.144 e. The number of nitrogens with one attached hydrogen (secondary N) is 1. The second-order valence-electron chi connectivity index (χ2n) is 4.34. The van der Waals surface area contributed by atoms with Gasteiger partial charge in [-0.3, -0.25) is 0 Å². The lowest BCUT2D eigenvalue weighted by Gasteiger charge is -2.15. The number of aromatic nitrogens is 2. The third kappa shape index (κ3) is 2.73. The fourth-order valence-corrected chi connectivity index (χ4v) is 2.27.